The first kappa shape index (κ1) is 17.3. The van der Waals surface area contributed by atoms with Crippen molar-refractivity contribution >= 4 is 5.91 Å². The van der Waals surface area contributed by atoms with E-state index in [4.69, 9.17) is 4.74 Å². The van der Waals surface area contributed by atoms with Crippen molar-refractivity contribution in [3.63, 3.8) is 0 Å². The van der Waals surface area contributed by atoms with Crippen molar-refractivity contribution in [2.45, 2.75) is 51.5 Å². The highest BCUT2D eigenvalue weighted by molar-refractivity contribution is 5.77. The van der Waals surface area contributed by atoms with Gasteiger partial charge in [0.15, 0.2) is 6.61 Å². The molecule has 24 heavy (non-hydrogen) atoms. The van der Waals surface area contributed by atoms with E-state index < -0.39 is 0 Å². The molecule has 132 valence electrons. The summed E-state index contributed by atoms with van der Waals surface area (Å²) in [5.41, 5.74) is 1.06. The van der Waals surface area contributed by atoms with E-state index in [1.807, 2.05) is 31.2 Å². The molecule has 1 amide bonds. The van der Waals surface area contributed by atoms with Crippen LogP contribution < -0.4 is 10.1 Å². The molecule has 4 nitrogen and oxygen atoms in total. The molecule has 2 aliphatic rings. The summed E-state index contributed by atoms with van der Waals surface area (Å²) < 4.78 is 5.60. The SMILES string of the molecule is Cc1ccccc1OCC(=O)NCC1CCN(C2CCCC2)CC1. The maximum atomic E-state index is 12.0. The zero-order valence-corrected chi connectivity index (χ0v) is 14.8. The molecule has 1 saturated carbocycles. The molecule has 0 unspecified atom stereocenters. The van der Waals surface area contributed by atoms with Crippen molar-refractivity contribution in [3.8, 4) is 5.75 Å². The number of aryl methyl sites for hydroxylation is 1. The Balaban J connectivity index is 1.33. The Kier molecular flexibility index (Phi) is 6.13. The summed E-state index contributed by atoms with van der Waals surface area (Å²) in [4.78, 5) is 14.7. The Morgan fingerprint density at radius 3 is 2.58 bits per heavy atom. The monoisotopic (exact) mass is 330 g/mol. The highest BCUT2D eigenvalue weighted by atomic mass is 16.5. The highest BCUT2D eigenvalue weighted by Crippen LogP contribution is 2.27. The first-order chi connectivity index (χ1) is 11.7. The lowest BCUT2D eigenvalue weighted by Crippen LogP contribution is -2.43. The second-order valence-electron chi connectivity index (χ2n) is 7.28. The van der Waals surface area contributed by atoms with Crippen LogP contribution >= 0.6 is 0 Å². The minimum atomic E-state index is -0.0172. The van der Waals surface area contributed by atoms with Gasteiger partial charge in [-0.25, -0.2) is 0 Å². The molecule has 1 saturated heterocycles. The summed E-state index contributed by atoms with van der Waals surface area (Å²) in [6, 6.07) is 8.63. The fourth-order valence-electron chi connectivity index (χ4n) is 3.96. The lowest BCUT2D eigenvalue weighted by molar-refractivity contribution is -0.123. The maximum absolute atomic E-state index is 12.0. The Morgan fingerprint density at radius 2 is 1.88 bits per heavy atom. The van der Waals surface area contributed by atoms with Crippen LogP contribution in [0.15, 0.2) is 24.3 Å². The van der Waals surface area contributed by atoms with Gasteiger partial charge in [-0.05, 0) is 63.2 Å². The van der Waals surface area contributed by atoms with E-state index in [1.54, 1.807) is 0 Å². The number of piperidine rings is 1. The molecule has 1 heterocycles. The quantitative estimate of drug-likeness (QED) is 0.871. The topological polar surface area (TPSA) is 41.6 Å². The van der Waals surface area contributed by atoms with E-state index >= 15 is 0 Å². The standard InChI is InChI=1S/C20H30N2O2/c1-16-6-2-5-9-19(16)24-15-20(23)21-14-17-10-12-22(13-11-17)18-7-3-4-8-18/h2,5-6,9,17-18H,3-4,7-8,10-15H2,1H3,(H,21,23). The number of benzene rings is 1. The van der Waals surface area contributed by atoms with E-state index in [0.29, 0.717) is 5.92 Å². The molecule has 1 aromatic carbocycles. The lowest BCUT2D eigenvalue weighted by atomic mass is 9.95. The van der Waals surface area contributed by atoms with Crippen LogP contribution in [0.1, 0.15) is 44.1 Å². The molecule has 0 spiro atoms. The molecule has 1 aliphatic carbocycles. The predicted octanol–water partition coefficient (Wildman–Crippen LogP) is 3.14. The zero-order valence-electron chi connectivity index (χ0n) is 14.8. The Bertz CT molecular complexity index is 532. The minimum Gasteiger partial charge on any atom is -0.484 e. The van der Waals surface area contributed by atoms with E-state index in [9.17, 15) is 4.79 Å². The summed E-state index contributed by atoms with van der Waals surface area (Å²) in [5, 5.41) is 3.04. The van der Waals surface area contributed by atoms with Gasteiger partial charge in [0.2, 0.25) is 0 Å². The largest absolute Gasteiger partial charge is 0.484 e. The van der Waals surface area contributed by atoms with Gasteiger partial charge in [0.1, 0.15) is 5.75 Å². The molecule has 4 heteroatoms. The number of hydrogen-bond acceptors (Lipinski definition) is 3. The Morgan fingerprint density at radius 1 is 1.17 bits per heavy atom. The van der Waals surface area contributed by atoms with Crippen molar-refractivity contribution in [2.75, 3.05) is 26.2 Å². The molecular weight excluding hydrogens is 300 g/mol. The van der Waals surface area contributed by atoms with Crippen LogP contribution in [-0.4, -0.2) is 43.1 Å². The van der Waals surface area contributed by atoms with Crippen molar-refractivity contribution in [1.29, 1.82) is 0 Å². The number of nitrogens with one attached hydrogen (secondary N) is 1. The van der Waals surface area contributed by atoms with Crippen LogP contribution in [0.5, 0.6) is 5.75 Å². The number of ether oxygens (including phenoxy) is 1. The number of amides is 1. The highest BCUT2D eigenvalue weighted by Gasteiger charge is 2.27. The van der Waals surface area contributed by atoms with Crippen molar-refractivity contribution in [1.82, 2.24) is 10.2 Å². The van der Waals surface area contributed by atoms with Gasteiger partial charge in [0, 0.05) is 12.6 Å². The van der Waals surface area contributed by atoms with Crippen LogP contribution in [0, 0.1) is 12.8 Å². The van der Waals surface area contributed by atoms with Gasteiger partial charge in [-0.15, -0.1) is 0 Å². The van der Waals surface area contributed by atoms with Gasteiger partial charge >= 0.3 is 0 Å². The molecule has 1 aromatic rings. The average molecular weight is 330 g/mol. The molecule has 3 rings (SSSR count). The summed E-state index contributed by atoms with van der Waals surface area (Å²) >= 11 is 0. The predicted molar refractivity (Wildman–Crippen MR) is 96.2 cm³/mol. The van der Waals surface area contributed by atoms with Gasteiger partial charge in [-0.2, -0.15) is 0 Å². The number of rotatable bonds is 6. The minimum absolute atomic E-state index is 0.0172. The van der Waals surface area contributed by atoms with Crippen LogP contribution in [0.3, 0.4) is 0 Å². The van der Waals surface area contributed by atoms with Crippen molar-refractivity contribution in [3.05, 3.63) is 29.8 Å². The summed E-state index contributed by atoms with van der Waals surface area (Å²) in [7, 11) is 0. The normalized spacial score (nSPS) is 20.2. The number of carbonyl (C=O) groups is 1. The molecular formula is C20H30N2O2. The van der Waals surface area contributed by atoms with Crippen molar-refractivity contribution < 1.29 is 9.53 Å². The van der Waals surface area contributed by atoms with Gasteiger partial charge in [-0.1, -0.05) is 31.0 Å². The maximum Gasteiger partial charge on any atom is 0.257 e. The summed E-state index contributed by atoms with van der Waals surface area (Å²) in [6.07, 6.45) is 7.99. The first-order valence-electron chi connectivity index (χ1n) is 9.41. The number of para-hydroxylation sites is 1. The molecule has 2 fully saturated rings. The van der Waals surface area contributed by atoms with Crippen LogP contribution in [0.4, 0.5) is 0 Å². The van der Waals surface area contributed by atoms with Crippen LogP contribution in [0.25, 0.3) is 0 Å². The summed E-state index contributed by atoms with van der Waals surface area (Å²) in [5.74, 6) is 1.39. The fraction of sp³-hybridized carbons (Fsp3) is 0.650. The van der Waals surface area contributed by atoms with Crippen molar-refractivity contribution in [2.24, 2.45) is 5.92 Å². The molecule has 1 aliphatic heterocycles. The molecule has 0 radical (unpaired) electrons. The summed E-state index contributed by atoms with van der Waals surface area (Å²) in [6.45, 7) is 5.28. The Hall–Kier alpha value is -1.55. The smallest absolute Gasteiger partial charge is 0.257 e. The van der Waals surface area contributed by atoms with Crippen LogP contribution in [0.2, 0.25) is 0 Å². The average Bonchev–Trinajstić information content (AvgIpc) is 3.14. The third-order valence-corrected chi connectivity index (χ3v) is 5.53. The van der Waals surface area contributed by atoms with Gasteiger partial charge in [-0.3, -0.25) is 4.79 Å². The number of likely N-dealkylation sites (tertiary alicyclic amines) is 1. The Labute approximate surface area is 145 Å². The molecule has 0 aromatic heterocycles. The zero-order chi connectivity index (χ0) is 16.8. The third kappa shape index (κ3) is 4.73. The second-order valence-corrected chi connectivity index (χ2v) is 7.28. The second kappa shape index (κ2) is 8.52. The van der Waals surface area contributed by atoms with E-state index in [2.05, 4.69) is 10.2 Å². The molecule has 0 atom stereocenters. The molecule has 0 bridgehead atoms. The van der Waals surface area contributed by atoms with Crippen LogP contribution in [-0.2, 0) is 4.79 Å². The number of nitrogens with zero attached hydrogens (tertiary/aromatic N) is 1. The van der Waals surface area contributed by atoms with E-state index in [1.165, 1.54) is 51.6 Å². The van der Waals surface area contributed by atoms with Gasteiger partial charge < -0.3 is 15.0 Å². The van der Waals surface area contributed by atoms with E-state index in [-0.39, 0.29) is 12.5 Å². The van der Waals surface area contributed by atoms with E-state index in [0.717, 1.165) is 23.9 Å². The van der Waals surface area contributed by atoms with Gasteiger partial charge in [0.05, 0.1) is 0 Å². The van der Waals surface area contributed by atoms with Gasteiger partial charge in [0.25, 0.3) is 5.91 Å². The molecule has 1 N–H and O–H groups in total. The third-order valence-electron chi connectivity index (χ3n) is 5.53. The number of hydrogen-bond donors (Lipinski definition) is 1. The fourth-order valence-corrected chi connectivity index (χ4v) is 3.96. The lowest BCUT2D eigenvalue weighted by Gasteiger charge is -2.36. The first-order valence-corrected chi connectivity index (χ1v) is 9.41. The number of carbonyl (C=O) groups excluding carboxylic acids is 1.